The number of aromatic nitrogens is 1. The summed E-state index contributed by atoms with van der Waals surface area (Å²) in [5.74, 6) is 1.55. The SMILES string of the molecule is N#Cc1c(N)c2c(n1-c1ccc(Oc3ccccc3)cc1)CCNC2. The number of para-hydroxylation sites is 1. The number of nitrogens with one attached hydrogen (secondary N) is 1. The molecular formula is C20H18N4O. The van der Waals surface area contributed by atoms with Gasteiger partial charge < -0.3 is 20.4 Å². The molecule has 2 heterocycles. The summed E-state index contributed by atoms with van der Waals surface area (Å²) in [5, 5.41) is 12.9. The minimum Gasteiger partial charge on any atom is -0.457 e. The molecular weight excluding hydrogens is 312 g/mol. The minimum atomic E-state index is 0.505. The molecule has 1 aromatic heterocycles. The van der Waals surface area contributed by atoms with E-state index in [4.69, 9.17) is 10.5 Å². The molecule has 3 N–H and O–H groups in total. The van der Waals surface area contributed by atoms with Gasteiger partial charge in [0, 0.05) is 36.5 Å². The lowest BCUT2D eigenvalue weighted by Crippen LogP contribution is -2.24. The van der Waals surface area contributed by atoms with Crippen LogP contribution in [-0.2, 0) is 13.0 Å². The molecule has 0 radical (unpaired) electrons. The first-order chi connectivity index (χ1) is 12.3. The molecule has 0 fully saturated rings. The Balaban J connectivity index is 1.70. The number of nitrogens with two attached hydrogens (primary N) is 1. The number of nitrogen functional groups attached to an aromatic ring is 1. The van der Waals surface area contributed by atoms with Gasteiger partial charge in [0.05, 0.1) is 5.69 Å². The number of hydrogen-bond acceptors (Lipinski definition) is 4. The summed E-state index contributed by atoms with van der Waals surface area (Å²) in [6.45, 7) is 1.59. The van der Waals surface area contributed by atoms with E-state index < -0.39 is 0 Å². The van der Waals surface area contributed by atoms with Crippen molar-refractivity contribution < 1.29 is 4.74 Å². The van der Waals surface area contributed by atoms with Gasteiger partial charge in [-0.25, -0.2) is 0 Å². The molecule has 5 nitrogen and oxygen atoms in total. The molecule has 1 aliphatic heterocycles. The van der Waals surface area contributed by atoms with Crippen LogP contribution in [0.5, 0.6) is 11.5 Å². The first-order valence-corrected chi connectivity index (χ1v) is 8.24. The Kier molecular flexibility index (Phi) is 3.88. The number of ether oxygens (including phenoxy) is 1. The van der Waals surface area contributed by atoms with Crippen molar-refractivity contribution in [3.8, 4) is 23.3 Å². The van der Waals surface area contributed by atoms with Crippen LogP contribution in [0.4, 0.5) is 5.69 Å². The zero-order chi connectivity index (χ0) is 17.2. The normalized spacial score (nSPS) is 13.1. The summed E-state index contributed by atoms with van der Waals surface area (Å²) < 4.78 is 7.80. The lowest BCUT2D eigenvalue weighted by Gasteiger charge is -2.17. The number of nitrogens with zero attached hydrogens (tertiary/aromatic N) is 2. The standard InChI is InChI=1S/C20H18N4O/c21-12-19-20(22)17-13-23-11-10-18(17)24(19)14-6-8-16(9-7-14)25-15-4-2-1-3-5-15/h1-9,23H,10-11,13,22H2. The lowest BCUT2D eigenvalue weighted by atomic mass is 10.1. The maximum atomic E-state index is 9.56. The van der Waals surface area contributed by atoms with Gasteiger partial charge in [-0.3, -0.25) is 0 Å². The Labute approximate surface area is 146 Å². The van der Waals surface area contributed by atoms with Crippen LogP contribution in [0.3, 0.4) is 0 Å². The smallest absolute Gasteiger partial charge is 0.148 e. The van der Waals surface area contributed by atoms with E-state index in [1.807, 2.05) is 59.2 Å². The van der Waals surface area contributed by atoms with E-state index in [9.17, 15) is 5.26 Å². The molecule has 0 unspecified atom stereocenters. The van der Waals surface area contributed by atoms with Crippen LogP contribution >= 0.6 is 0 Å². The number of benzene rings is 2. The van der Waals surface area contributed by atoms with Crippen LogP contribution in [0.2, 0.25) is 0 Å². The summed E-state index contributed by atoms with van der Waals surface area (Å²) in [6.07, 6.45) is 0.851. The quantitative estimate of drug-likeness (QED) is 0.772. The van der Waals surface area contributed by atoms with E-state index in [2.05, 4.69) is 11.4 Å². The fourth-order valence-corrected chi connectivity index (χ4v) is 3.25. The van der Waals surface area contributed by atoms with Crippen LogP contribution < -0.4 is 15.8 Å². The van der Waals surface area contributed by atoms with Crippen molar-refractivity contribution in [1.82, 2.24) is 9.88 Å². The lowest BCUT2D eigenvalue weighted by molar-refractivity contribution is 0.482. The fourth-order valence-electron chi connectivity index (χ4n) is 3.25. The largest absolute Gasteiger partial charge is 0.457 e. The van der Waals surface area contributed by atoms with Gasteiger partial charge in [-0.15, -0.1) is 0 Å². The van der Waals surface area contributed by atoms with Crippen LogP contribution in [0.15, 0.2) is 54.6 Å². The van der Waals surface area contributed by atoms with E-state index in [0.717, 1.165) is 41.4 Å². The predicted octanol–water partition coefficient (Wildman–Crippen LogP) is 3.37. The Morgan fingerprint density at radius 3 is 2.48 bits per heavy atom. The molecule has 1 aliphatic rings. The van der Waals surface area contributed by atoms with Crippen LogP contribution in [0.25, 0.3) is 5.69 Å². The zero-order valence-corrected chi connectivity index (χ0v) is 13.7. The Morgan fingerprint density at radius 1 is 1.04 bits per heavy atom. The van der Waals surface area contributed by atoms with E-state index >= 15 is 0 Å². The Morgan fingerprint density at radius 2 is 1.76 bits per heavy atom. The van der Waals surface area contributed by atoms with Crippen molar-refractivity contribution in [1.29, 1.82) is 5.26 Å². The highest BCUT2D eigenvalue weighted by Crippen LogP contribution is 2.32. The zero-order valence-electron chi connectivity index (χ0n) is 13.7. The Hall–Kier alpha value is -3.23. The Bertz CT molecular complexity index is 937. The van der Waals surface area contributed by atoms with E-state index in [-0.39, 0.29) is 0 Å². The topological polar surface area (TPSA) is 76.0 Å². The van der Waals surface area contributed by atoms with Gasteiger partial charge in [0.25, 0.3) is 0 Å². The highest BCUT2D eigenvalue weighted by atomic mass is 16.5. The molecule has 0 bridgehead atoms. The van der Waals surface area contributed by atoms with Crippen LogP contribution in [-0.4, -0.2) is 11.1 Å². The summed E-state index contributed by atoms with van der Waals surface area (Å²) in [6, 6.07) is 19.6. The van der Waals surface area contributed by atoms with Gasteiger partial charge in [0.1, 0.15) is 23.3 Å². The third-order valence-corrected chi connectivity index (χ3v) is 4.44. The second kappa shape index (κ2) is 6.34. The van der Waals surface area contributed by atoms with Gasteiger partial charge in [0.2, 0.25) is 0 Å². The number of fused-ring (bicyclic) bond motifs is 1. The average molecular weight is 330 g/mol. The maximum absolute atomic E-state index is 9.56. The maximum Gasteiger partial charge on any atom is 0.148 e. The molecule has 25 heavy (non-hydrogen) atoms. The first-order valence-electron chi connectivity index (χ1n) is 8.24. The molecule has 5 heteroatoms. The van der Waals surface area contributed by atoms with Crippen molar-refractivity contribution in [2.24, 2.45) is 0 Å². The minimum absolute atomic E-state index is 0.505. The van der Waals surface area contributed by atoms with Gasteiger partial charge in [0.15, 0.2) is 0 Å². The number of hydrogen-bond donors (Lipinski definition) is 2. The van der Waals surface area contributed by atoms with E-state index in [1.165, 1.54) is 0 Å². The number of anilines is 1. The van der Waals surface area contributed by atoms with Crippen molar-refractivity contribution >= 4 is 5.69 Å². The van der Waals surface area contributed by atoms with Gasteiger partial charge >= 0.3 is 0 Å². The molecule has 2 aromatic carbocycles. The van der Waals surface area contributed by atoms with Crippen molar-refractivity contribution in [3.05, 3.63) is 71.5 Å². The highest BCUT2D eigenvalue weighted by Gasteiger charge is 2.23. The van der Waals surface area contributed by atoms with Gasteiger partial charge in [-0.2, -0.15) is 5.26 Å². The summed E-state index contributed by atoms with van der Waals surface area (Å²) in [7, 11) is 0. The second-order valence-electron chi connectivity index (χ2n) is 5.97. The molecule has 3 aromatic rings. The summed E-state index contributed by atoms with van der Waals surface area (Å²) >= 11 is 0. The molecule has 0 atom stereocenters. The third-order valence-electron chi connectivity index (χ3n) is 4.44. The van der Waals surface area contributed by atoms with Crippen LogP contribution in [0, 0.1) is 11.3 Å². The first kappa shape index (κ1) is 15.3. The molecule has 4 rings (SSSR count). The highest BCUT2D eigenvalue weighted by molar-refractivity contribution is 5.64. The van der Waals surface area contributed by atoms with Gasteiger partial charge in [-0.1, -0.05) is 18.2 Å². The van der Waals surface area contributed by atoms with Crippen LogP contribution in [0.1, 0.15) is 17.0 Å². The summed E-state index contributed by atoms with van der Waals surface area (Å²) in [5.41, 5.74) is 10.4. The van der Waals surface area contributed by atoms with Crippen molar-refractivity contribution in [2.75, 3.05) is 12.3 Å². The second-order valence-corrected chi connectivity index (χ2v) is 5.97. The molecule has 0 saturated carbocycles. The van der Waals surface area contributed by atoms with E-state index in [1.54, 1.807) is 0 Å². The average Bonchev–Trinajstić information content (AvgIpc) is 2.95. The fraction of sp³-hybridized carbons (Fsp3) is 0.150. The number of nitriles is 1. The third kappa shape index (κ3) is 2.73. The van der Waals surface area contributed by atoms with E-state index in [0.29, 0.717) is 17.9 Å². The summed E-state index contributed by atoms with van der Waals surface area (Å²) in [4.78, 5) is 0. The molecule has 0 spiro atoms. The number of rotatable bonds is 3. The molecule has 124 valence electrons. The molecule has 0 saturated heterocycles. The van der Waals surface area contributed by atoms with Crippen molar-refractivity contribution in [2.45, 2.75) is 13.0 Å². The molecule has 0 amide bonds. The van der Waals surface area contributed by atoms with Crippen molar-refractivity contribution in [3.63, 3.8) is 0 Å². The van der Waals surface area contributed by atoms with Gasteiger partial charge in [-0.05, 0) is 36.4 Å². The monoisotopic (exact) mass is 330 g/mol. The molecule has 0 aliphatic carbocycles. The predicted molar refractivity (Wildman–Crippen MR) is 96.8 cm³/mol.